The lowest BCUT2D eigenvalue weighted by atomic mass is 10.1. The zero-order chi connectivity index (χ0) is 38.0. The van der Waals surface area contributed by atoms with Crippen molar-refractivity contribution in [1.82, 2.24) is 5.32 Å². The molecule has 0 unspecified atom stereocenters. The molecular formula is C31H36N8O10S2. The Bertz CT molecular complexity index is 1880. The van der Waals surface area contributed by atoms with Crippen molar-refractivity contribution in [2.45, 2.75) is 28.7 Å². The maximum Gasteiger partial charge on any atom is 0.320 e. The summed E-state index contributed by atoms with van der Waals surface area (Å²) in [5.74, 6) is -0.545. The largest absolute Gasteiger partial charge is 0.508 e. The number of hydrogen-bond donors (Lipinski definition) is 8. The highest BCUT2D eigenvalue weighted by Crippen LogP contribution is 2.23. The highest BCUT2D eigenvalue weighted by molar-refractivity contribution is 7.86. The molecule has 0 amide bonds. The van der Waals surface area contributed by atoms with Gasteiger partial charge in [0.15, 0.2) is 5.96 Å². The van der Waals surface area contributed by atoms with E-state index in [9.17, 15) is 21.6 Å². The predicted octanol–water partition coefficient (Wildman–Crippen LogP) is 4.82. The first-order chi connectivity index (χ1) is 24.0. The van der Waals surface area contributed by atoms with E-state index in [-0.39, 0.29) is 27.2 Å². The molecule has 0 bridgehead atoms. The van der Waals surface area contributed by atoms with E-state index in [0.717, 1.165) is 0 Å². The van der Waals surface area contributed by atoms with E-state index in [2.05, 4.69) is 30.8 Å². The van der Waals surface area contributed by atoms with E-state index in [0.29, 0.717) is 42.1 Å². The van der Waals surface area contributed by atoms with Crippen molar-refractivity contribution < 1.29 is 46.1 Å². The van der Waals surface area contributed by atoms with Crippen molar-refractivity contribution in [2.75, 3.05) is 13.6 Å². The second-order valence-corrected chi connectivity index (χ2v) is 12.8. The van der Waals surface area contributed by atoms with Gasteiger partial charge < -0.3 is 32.1 Å². The van der Waals surface area contributed by atoms with Gasteiger partial charge in [0.25, 0.3) is 20.2 Å². The minimum Gasteiger partial charge on any atom is -0.508 e. The van der Waals surface area contributed by atoms with Gasteiger partial charge in [-0.2, -0.15) is 37.3 Å². The van der Waals surface area contributed by atoms with Gasteiger partial charge in [0.1, 0.15) is 17.5 Å². The summed E-state index contributed by atoms with van der Waals surface area (Å²) in [6.07, 6.45) is 1.16. The molecule has 18 nitrogen and oxygen atoms in total. The van der Waals surface area contributed by atoms with Crippen LogP contribution in [0.2, 0.25) is 0 Å². The minimum atomic E-state index is -4.19. The predicted molar refractivity (Wildman–Crippen MR) is 187 cm³/mol. The first kappa shape index (κ1) is 41.4. The molecule has 0 saturated carbocycles. The molecule has 0 fully saturated rings. The van der Waals surface area contributed by atoms with E-state index < -0.39 is 32.2 Å². The fourth-order valence-corrected chi connectivity index (χ4v) is 4.49. The zero-order valence-corrected chi connectivity index (χ0v) is 28.6. The van der Waals surface area contributed by atoms with Crippen LogP contribution in [0, 0.1) is 0 Å². The summed E-state index contributed by atoms with van der Waals surface area (Å²) in [5.41, 5.74) is 12.2. The number of carboxylic acids is 1. The number of aromatic hydroxyl groups is 2. The lowest BCUT2D eigenvalue weighted by Gasteiger charge is -2.09. The molecule has 0 aromatic heterocycles. The molecule has 4 rings (SSSR count). The third-order valence-corrected chi connectivity index (χ3v) is 7.86. The average Bonchev–Trinajstić information content (AvgIpc) is 3.08. The molecule has 1 atom stereocenters. The molecule has 0 aliphatic heterocycles. The van der Waals surface area contributed by atoms with Crippen LogP contribution in [-0.4, -0.2) is 72.8 Å². The van der Waals surface area contributed by atoms with Crippen LogP contribution in [0.5, 0.6) is 11.5 Å². The molecule has 0 radical (unpaired) electrons. The van der Waals surface area contributed by atoms with Gasteiger partial charge in [-0.25, -0.2) is 0 Å². The van der Waals surface area contributed by atoms with Gasteiger partial charge in [-0.1, -0.05) is 0 Å². The van der Waals surface area contributed by atoms with E-state index >= 15 is 0 Å². The summed E-state index contributed by atoms with van der Waals surface area (Å²) in [7, 11) is -6.77. The number of phenolic OH excluding ortho intramolecular Hbond substituents is 2. The number of hydrogen-bond acceptors (Lipinski definition) is 13. The fourth-order valence-electron chi connectivity index (χ4n) is 3.53. The summed E-state index contributed by atoms with van der Waals surface area (Å²) < 4.78 is 60.9. The Morgan fingerprint density at radius 2 is 0.961 bits per heavy atom. The zero-order valence-electron chi connectivity index (χ0n) is 26.9. The monoisotopic (exact) mass is 744 g/mol. The van der Waals surface area contributed by atoms with Crippen LogP contribution in [-0.2, 0) is 25.0 Å². The number of nitrogens with one attached hydrogen (secondary N) is 1. The Labute approximate surface area is 293 Å². The topological polar surface area (TPSA) is 312 Å². The van der Waals surface area contributed by atoms with Gasteiger partial charge in [-0.05, 0) is 117 Å². The number of likely N-dealkylation sites (N-methyl/N-ethyl adjacent to an activating group) is 1. The minimum absolute atomic E-state index is 0.0383. The normalized spacial score (nSPS) is 11.9. The Hall–Kier alpha value is -5.80. The Balaban J connectivity index is 0.000000271. The molecule has 4 aromatic rings. The summed E-state index contributed by atoms with van der Waals surface area (Å²) in [5, 5.41) is 45.1. The molecule has 0 heterocycles. The maximum absolute atomic E-state index is 10.8. The summed E-state index contributed by atoms with van der Waals surface area (Å²) in [4.78, 5) is 13.9. The van der Waals surface area contributed by atoms with Crippen molar-refractivity contribution in [3.05, 3.63) is 97.1 Å². The molecular weight excluding hydrogens is 709 g/mol. The van der Waals surface area contributed by atoms with Gasteiger partial charge in [-0.15, -0.1) is 0 Å². The Morgan fingerprint density at radius 3 is 1.22 bits per heavy atom. The fraction of sp³-hybridized carbons (Fsp3) is 0.161. The van der Waals surface area contributed by atoms with E-state index in [1.165, 1.54) is 72.8 Å². The Morgan fingerprint density at radius 1 is 0.647 bits per heavy atom. The number of aliphatic carboxylic acids is 1. The van der Waals surface area contributed by atoms with Crippen LogP contribution in [0.1, 0.15) is 12.8 Å². The average molecular weight is 745 g/mol. The quantitative estimate of drug-likeness (QED) is 0.0317. The first-order valence-corrected chi connectivity index (χ1v) is 17.4. The number of carboxylic acid groups (broad SMARTS) is 1. The number of phenols is 2. The van der Waals surface area contributed by atoms with E-state index in [1.807, 2.05) is 0 Å². The van der Waals surface area contributed by atoms with E-state index in [1.54, 1.807) is 31.3 Å². The van der Waals surface area contributed by atoms with Crippen molar-refractivity contribution in [2.24, 2.45) is 36.9 Å². The van der Waals surface area contributed by atoms with Crippen molar-refractivity contribution in [3.8, 4) is 11.5 Å². The Kier molecular flexibility index (Phi) is 16.2. The van der Waals surface area contributed by atoms with Crippen LogP contribution in [0.15, 0.2) is 132 Å². The summed E-state index contributed by atoms with van der Waals surface area (Å²) in [6, 6.07) is 22.4. The summed E-state index contributed by atoms with van der Waals surface area (Å²) >= 11 is 0. The SMILES string of the molecule is CN[C@@H](CCCN=C(N)N)C(=O)O.O=S(=O)(O)c1ccc(N=Nc2ccc(O)cc2)cc1.O=S(=O)(O)c1ccc(N=Nc2ccc(O)cc2)cc1. The standard InChI is InChI=1S/2C12H10N2O4S.C7H16N4O2/c2*15-11-5-1-9(2-6-11)13-14-10-3-7-12(8-4-10)19(16,17)18;1-10-5(6(12)13)3-2-4-11-7(8)9/h2*1-8,15H,(H,16,17,18);5,10H,2-4H2,1H3,(H,12,13)(H4,8,9,11)/t;;5-/m..0/s1. The second-order valence-electron chi connectivity index (χ2n) is 10.00. The highest BCUT2D eigenvalue weighted by atomic mass is 32.2. The number of carbonyl (C=O) groups is 1. The highest BCUT2D eigenvalue weighted by Gasteiger charge is 2.13. The molecule has 20 heteroatoms. The molecule has 0 spiro atoms. The molecule has 0 aliphatic rings. The number of nitrogens with two attached hydrogens (primary N) is 2. The second kappa shape index (κ2) is 20.0. The first-order valence-electron chi connectivity index (χ1n) is 14.5. The van der Waals surface area contributed by atoms with Crippen LogP contribution < -0.4 is 16.8 Å². The molecule has 272 valence electrons. The molecule has 4 aromatic carbocycles. The summed E-state index contributed by atoms with van der Waals surface area (Å²) in [6.45, 7) is 0.466. The number of guanidine groups is 1. The number of benzene rings is 4. The van der Waals surface area contributed by atoms with Gasteiger partial charge in [-0.3, -0.25) is 18.9 Å². The number of aliphatic imine (C=N–C) groups is 1. The smallest absolute Gasteiger partial charge is 0.320 e. The van der Waals surface area contributed by atoms with Crippen molar-refractivity contribution in [1.29, 1.82) is 0 Å². The molecule has 10 N–H and O–H groups in total. The molecule has 51 heavy (non-hydrogen) atoms. The van der Waals surface area contributed by atoms with Gasteiger partial charge in [0, 0.05) is 6.54 Å². The molecule has 0 aliphatic carbocycles. The van der Waals surface area contributed by atoms with Crippen molar-refractivity contribution >= 4 is 54.9 Å². The molecule has 0 saturated heterocycles. The maximum atomic E-state index is 10.8. The third kappa shape index (κ3) is 16.4. The lowest BCUT2D eigenvalue weighted by molar-refractivity contribution is -0.139. The number of nitrogens with zero attached hydrogens (tertiary/aromatic N) is 5. The third-order valence-electron chi connectivity index (χ3n) is 6.12. The van der Waals surface area contributed by atoms with Crippen LogP contribution in [0.3, 0.4) is 0 Å². The number of azo groups is 2. The van der Waals surface area contributed by atoms with Gasteiger partial charge in [0.05, 0.1) is 32.5 Å². The van der Waals surface area contributed by atoms with Crippen LogP contribution in [0.25, 0.3) is 0 Å². The van der Waals surface area contributed by atoms with Crippen LogP contribution >= 0.6 is 0 Å². The van der Waals surface area contributed by atoms with Crippen LogP contribution in [0.4, 0.5) is 22.7 Å². The van der Waals surface area contributed by atoms with Gasteiger partial charge in [0.2, 0.25) is 0 Å². The lowest BCUT2D eigenvalue weighted by Crippen LogP contribution is -2.33. The van der Waals surface area contributed by atoms with Gasteiger partial charge >= 0.3 is 5.97 Å². The van der Waals surface area contributed by atoms with E-state index in [4.69, 9.17) is 35.9 Å². The van der Waals surface area contributed by atoms with Crippen molar-refractivity contribution in [3.63, 3.8) is 0 Å². The number of rotatable bonds is 12.